The molecule has 0 radical (unpaired) electrons. The van der Waals surface area contributed by atoms with Gasteiger partial charge in [-0.2, -0.15) is 4.52 Å². The van der Waals surface area contributed by atoms with Gasteiger partial charge in [0.1, 0.15) is 5.82 Å². The lowest BCUT2D eigenvalue weighted by Gasteiger charge is -2.58. The number of aromatic nitrogens is 4. The third kappa shape index (κ3) is 3.00. The van der Waals surface area contributed by atoms with Crippen LogP contribution in [0.25, 0.3) is 5.65 Å². The van der Waals surface area contributed by atoms with Gasteiger partial charge in [-0.15, -0.1) is 15.3 Å². The van der Waals surface area contributed by atoms with Crippen molar-refractivity contribution in [3.8, 4) is 0 Å². The topological polar surface area (TPSA) is 84.6 Å². The first-order chi connectivity index (χ1) is 11.6. The molecule has 2 atom stereocenters. The zero-order chi connectivity index (χ0) is 18.5. The van der Waals surface area contributed by atoms with E-state index in [9.17, 15) is 5.11 Å². The van der Waals surface area contributed by atoms with E-state index in [1.165, 1.54) is 0 Å². The number of nitrogens with zero attached hydrogens (tertiary/aromatic N) is 4. The second-order valence-corrected chi connectivity index (χ2v) is 8.52. The van der Waals surface area contributed by atoms with Crippen molar-refractivity contribution in [1.29, 1.82) is 0 Å². The van der Waals surface area contributed by atoms with E-state index >= 15 is 0 Å². The largest absolute Gasteiger partial charge is 0.387 e. The molecule has 0 spiro atoms. The molecule has 2 aromatic rings. The maximum atomic E-state index is 11.0. The molecule has 2 N–H and O–H groups in total. The van der Waals surface area contributed by atoms with Crippen LogP contribution in [0.2, 0.25) is 0 Å². The number of rotatable bonds is 5. The number of hydrogen-bond acceptors (Lipinski definition) is 6. The van der Waals surface area contributed by atoms with Crippen molar-refractivity contribution in [1.82, 2.24) is 19.8 Å². The van der Waals surface area contributed by atoms with Crippen molar-refractivity contribution in [3.63, 3.8) is 0 Å². The van der Waals surface area contributed by atoms with Gasteiger partial charge in [0.15, 0.2) is 11.5 Å². The Hall–Kier alpha value is -1.73. The Kier molecular flexibility index (Phi) is 4.28. The van der Waals surface area contributed by atoms with E-state index in [1.54, 1.807) is 4.52 Å². The van der Waals surface area contributed by atoms with Gasteiger partial charge in [-0.1, -0.05) is 34.6 Å². The Morgan fingerprint density at radius 3 is 2.64 bits per heavy atom. The van der Waals surface area contributed by atoms with Gasteiger partial charge in [0, 0.05) is 30.4 Å². The lowest BCUT2D eigenvalue weighted by molar-refractivity contribution is -0.233. The summed E-state index contributed by atoms with van der Waals surface area (Å²) in [6.45, 7) is 13.4. The molecule has 0 bridgehead atoms. The molecule has 138 valence electrons. The molecule has 0 aromatic carbocycles. The number of nitrogens with one attached hydrogen (secondary N) is 1. The lowest BCUT2D eigenvalue weighted by Crippen LogP contribution is -2.67. The van der Waals surface area contributed by atoms with E-state index < -0.39 is 5.60 Å². The molecule has 2 heterocycles. The fourth-order valence-electron chi connectivity index (χ4n) is 3.35. The monoisotopic (exact) mass is 347 g/mol. The molecule has 0 aliphatic heterocycles. The number of fused-ring (bicyclic) bond motifs is 1. The number of anilines is 1. The summed E-state index contributed by atoms with van der Waals surface area (Å²) in [6.07, 6.45) is 0.716. The van der Waals surface area contributed by atoms with Gasteiger partial charge in [-0.25, -0.2) is 0 Å². The van der Waals surface area contributed by atoms with Gasteiger partial charge in [0.05, 0.1) is 11.7 Å². The van der Waals surface area contributed by atoms with Crippen LogP contribution in [0, 0.1) is 5.41 Å². The van der Waals surface area contributed by atoms with Crippen LogP contribution < -0.4 is 5.32 Å². The van der Waals surface area contributed by atoms with E-state index in [-0.39, 0.29) is 16.9 Å². The molecule has 3 rings (SSSR count). The van der Waals surface area contributed by atoms with Gasteiger partial charge in [-0.05, 0) is 19.1 Å². The van der Waals surface area contributed by atoms with Crippen molar-refractivity contribution < 1.29 is 9.84 Å². The highest BCUT2D eigenvalue weighted by Gasteiger charge is 2.59. The Morgan fingerprint density at radius 1 is 1.32 bits per heavy atom. The number of aliphatic hydroxyl groups is 1. The zero-order valence-electron chi connectivity index (χ0n) is 16.0. The summed E-state index contributed by atoms with van der Waals surface area (Å²) in [5, 5.41) is 27.3. The number of hydrogen-bond donors (Lipinski definition) is 2. The van der Waals surface area contributed by atoms with Crippen LogP contribution in [0.15, 0.2) is 12.1 Å². The second kappa shape index (κ2) is 5.92. The summed E-state index contributed by atoms with van der Waals surface area (Å²) in [5.41, 5.74) is -0.546. The Balaban J connectivity index is 1.76. The first kappa shape index (κ1) is 18.1. The highest BCUT2D eigenvalue weighted by molar-refractivity contribution is 5.45. The maximum absolute atomic E-state index is 11.0. The van der Waals surface area contributed by atoms with Crippen LogP contribution in [-0.4, -0.2) is 49.8 Å². The molecule has 7 nitrogen and oxygen atoms in total. The molecular weight excluding hydrogens is 318 g/mol. The van der Waals surface area contributed by atoms with Crippen molar-refractivity contribution in [2.45, 2.75) is 65.1 Å². The minimum Gasteiger partial charge on any atom is -0.387 e. The number of ether oxygens (including phenoxy) is 1. The molecule has 1 fully saturated rings. The van der Waals surface area contributed by atoms with Crippen molar-refractivity contribution >= 4 is 11.5 Å². The predicted octanol–water partition coefficient (Wildman–Crippen LogP) is 2.40. The maximum Gasteiger partial charge on any atom is 0.178 e. The van der Waals surface area contributed by atoms with Gasteiger partial charge >= 0.3 is 0 Å². The quantitative estimate of drug-likeness (QED) is 0.864. The smallest absolute Gasteiger partial charge is 0.178 e. The molecule has 7 heteroatoms. The van der Waals surface area contributed by atoms with Crippen molar-refractivity contribution in [2.24, 2.45) is 5.41 Å². The summed E-state index contributed by atoms with van der Waals surface area (Å²) >= 11 is 0. The van der Waals surface area contributed by atoms with E-state index in [1.807, 2.05) is 32.9 Å². The van der Waals surface area contributed by atoms with Crippen LogP contribution in [0.5, 0.6) is 0 Å². The lowest BCUT2D eigenvalue weighted by atomic mass is 9.56. The SMILES string of the molecule is CCOC1CC(O)(CNc2ccc3nnc(C(C)(C)C)n3n2)C1(C)C. The van der Waals surface area contributed by atoms with E-state index in [0.29, 0.717) is 25.4 Å². The third-order valence-corrected chi connectivity index (χ3v) is 5.39. The van der Waals surface area contributed by atoms with Crippen molar-refractivity contribution in [2.75, 3.05) is 18.5 Å². The van der Waals surface area contributed by atoms with Crippen LogP contribution >= 0.6 is 0 Å². The summed E-state index contributed by atoms with van der Waals surface area (Å²) in [5.74, 6) is 1.51. The van der Waals surface area contributed by atoms with E-state index in [0.717, 1.165) is 11.5 Å². The summed E-state index contributed by atoms with van der Waals surface area (Å²) in [4.78, 5) is 0. The summed E-state index contributed by atoms with van der Waals surface area (Å²) in [6, 6.07) is 3.75. The van der Waals surface area contributed by atoms with Crippen LogP contribution in [0.4, 0.5) is 5.82 Å². The third-order valence-electron chi connectivity index (χ3n) is 5.39. The Bertz CT molecular complexity index is 764. The summed E-state index contributed by atoms with van der Waals surface area (Å²) in [7, 11) is 0. The molecule has 0 amide bonds. The predicted molar refractivity (Wildman–Crippen MR) is 96.7 cm³/mol. The van der Waals surface area contributed by atoms with E-state index in [2.05, 4.69) is 41.4 Å². The molecule has 1 aliphatic rings. The zero-order valence-corrected chi connectivity index (χ0v) is 16.0. The summed E-state index contributed by atoms with van der Waals surface area (Å²) < 4.78 is 7.48. The average molecular weight is 347 g/mol. The van der Waals surface area contributed by atoms with Gasteiger partial charge in [0.2, 0.25) is 0 Å². The van der Waals surface area contributed by atoms with Crippen LogP contribution in [0.1, 0.15) is 53.8 Å². The minimum absolute atomic E-state index is 0.0880. The average Bonchev–Trinajstić information content (AvgIpc) is 2.96. The first-order valence-electron chi connectivity index (χ1n) is 8.89. The second-order valence-electron chi connectivity index (χ2n) is 8.52. The molecular formula is C18H29N5O2. The van der Waals surface area contributed by atoms with Crippen LogP contribution in [0.3, 0.4) is 0 Å². The fraction of sp³-hybridized carbons (Fsp3) is 0.722. The molecule has 25 heavy (non-hydrogen) atoms. The molecule has 1 aliphatic carbocycles. The Morgan fingerprint density at radius 2 is 2.04 bits per heavy atom. The minimum atomic E-state index is -0.816. The molecule has 2 unspecified atom stereocenters. The van der Waals surface area contributed by atoms with Crippen molar-refractivity contribution in [3.05, 3.63) is 18.0 Å². The normalized spacial score (nSPS) is 25.8. The van der Waals surface area contributed by atoms with Gasteiger partial charge in [0.25, 0.3) is 0 Å². The molecule has 0 saturated heterocycles. The highest BCUT2D eigenvalue weighted by Crippen LogP contribution is 2.51. The van der Waals surface area contributed by atoms with Crippen LogP contribution in [-0.2, 0) is 10.2 Å². The highest BCUT2D eigenvalue weighted by atomic mass is 16.5. The van der Waals surface area contributed by atoms with E-state index in [4.69, 9.17) is 4.74 Å². The first-order valence-corrected chi connectivity index (χ1v) is 8.89. The molecule has 2 aromatic heterocycles. The fourth-order valence-corrected chi connectivity index (χ4v) is 3.35. The Labute approximate surface area is 148 Å². The molecule has 1 saturated carbocycles. The van der Waals surface area contributed by atoms with Gasteiger partial charge < -0.3 is 15.2 Å². The standard InChI is InChI=1S/C18H29N5O2/c1-7-25-12-10-18(24,17(12,5)6)11-19-13-8-9-14-20-21-15(16(2,3)4)23(14)22-13/h8-9,12,24H,7,10-11H2,1-6H3,(H,19,22). The van der Waals surface area contributed by atoms with Gasteiger partial charge in [-0.3, -0.25) is 0 Å².